The van der Waals surface area contributed by atoms with Gasteiger partial charge in [0.15, 0.2) is 14.9 Å². The minimum absolute atomic E-state index is 0.101. The first-order valence-corrected chi connectivity index (χ1v) is 14.4. The summed E-state index contributed by atoms with van der Waals surface area (Å²) in [6.07, 6.45) is -1.06. The van der Waals surface area contributed by atoms with Crippen molar-refractivity contribution in [3.63, 3.8) is 0 Å². The monoisotopic (exact) mass is 576 g/mol. The lowest BCUT2D eigenvalue weighted by Gasteiger charge is -2.48. The normalized spacial score (nSPS) is 20.8. The van der Waals surface area contributed by atoms with E-state index in [0.29, 0.717) is 21.2 Å². The number of carbonyl (C=O) groups excluding carboxylic acids is 1. The van der Waals surface area contributed by atoms with E-state index in [2.05, 4.69) is 4.98 Å². The fraction of sp³-hybridized carbons (Fsp3) is 0.296. The molecule has 0 saturated carbocycles. The summed E-state index contributed by atoms with van der Waals surface area (Å²) in [5.74, 6) is -2.22. The predicted octanol–water partition coefficient (Wildman–Crippen LogP) is 5.13. The van der Waals surface area contributed by atoms with Gasteiger partial charge in [-0.15, -0.1) is 0 Å². The van der Waals surface area contributed by atoms with Crippen LogP contribution in [-0.2, 0) is 24.2 Å². The van der Waals surface area contributed by atoms with Crippen molar-refractivity contribution in [2.75, 3.05) is 5.75 Å². The van der Waals surface area contributed by atoms with Gasteiger partial charge in [-0.1, -0.05) is 60.5 Å². The van der Waals surface area contributed by atoms with Gasteiger partial charge < -0.3 is 14.7 Å². The van der Waals surface area contributed by atoms with Crippen LogP contribution in [0.5, 0.6) is 0 Å². The molecule has 0 aliphatic carbocycles. The second kappa shape index (κ2) is 11.8. The van der Waals surface area contributed by atoms with Crippen molar-refractivity contribution in [2.24, 2.45) is 0 Å². The maximum atomic E-state index is 13.9. The molecule has 2 aromatic carbocycles. The molecule has 2 heterocycles. The van der Waals surface area contributed by atoms with Gasteiger partial charge in [0.2, 0.25) is 0 Å². The van der Waals surface area contributed by atoms with E-state index in [1.54, 1.807) is 67.6 Å². The van der Waals surface area contributed by atoms with Crippen molar-refractivity contribution >= 4 is 44.9 Å². The summed E-state index contributed by atoms with van der Waals surface area (Å²) in [5.41, 5.74) is 1.27. The predicted molar refractivity (Wildman–Crippen MR) is 143 cm³/mol. The number of nitrogens with zero attached hydrogens (tertiary/aromatic N) is 2. The van der Waals surface area contributed by atoms with Gasteiger partial charge in [0.25, 0.3) is 5.91 Å². The molecule has 1 aliphatic heterocycles. The van der Waals surface area contributed by atoms with E-state index in [1.165, 1.54) is 17.2 Å². The summed E-state index contributed by atoms with van der Waals surface area (Å²) in [4.78, 5) is 31.0. The molecule has 1 amide bonds. The minimum Gasteiger partial charge on any atom is -0.481 e. The number of hydrogen-bond acceptors (Lipinski definition) is 6. The highest BCUT2D eigenvalue weighted by Crippen LogP contribution is 2.45. The lowest BCUT2D eigenvalue weighted by Crippen LogP contribution is -2.56. The number of carbonyl (C=O) groups is 2. The Bertz CT molecular complexity index is 1400. The molecule has 8 nitrogen and oxygen atoms in total. The van der Waals surface area contributed by atoms with Crippen LogP contribution < -0.4 is 0 Å². The highest BCUT2D eigenvalue weighted by atomic mass is 35.5. The third kappa shape index (κ3) is 6.18. The molecule has 1 fully saturated rings. The molecule has 11 heteroatoms. The van der Waals surface area contributed by atoms with E-state index in [1.807, 2.05) is 0 Å². The van der Waals surface area contributed by atoms with E-state index in [4.69, 9.17) is 27.9 Å². The Morgan fingerprint density at radius 3 is 2.39 bits per heavy atom. The van der Waals surface area contributed by atoms with Gasteiger partial charge >= 0.3 is 5.97 Å². The fourth-order valence-corrected chi connectivity index (χ4v) is 6.57. The van der Waals surface area contributed by atoms with E-state index < -0.39 is 58.2 Å². The molecule has 1 unspecified atom stereocenters. The van der Waals surface area contributed by atoms with Crippen LogP contribution in [0.4, 0.5) is 0 Å². The van der Waals surface area contributed by atoms with Gasteiger partial charge in [0, 0.05) is 22.3 Å². The van der Waals surface area contributed by atoms with Crippen LogP contribution in [0.1, 0.15) is 43.0 Å². The first-order valence-electron chi connectivity index (χ1n) is 11.9. The van der Waals surface area contributed by atoms with Crippen molar-refractivity contribution in [3.05, 3.63) is 94.1 Å². The molecule has 0 bridgehead atoms. The molecule has 3 aromatic rings. The molecule has 1 aliphatic rings. The number of ether oxygens (including phenoxy) is 1. The average molecular weight is 577 g/mol. The standard InChI is InChI=1S/C27H26Cl2N2O6S/c1-2-21(16-38(35,36)23-8-3-4-13-30-23)31-25(17-9-11-19(28)12-10-17)26(18-6-5-7-20(29)14-18)37-22(27(31)34)15-24(32)33/h3-14,21-22,25-26H,2,15-16H2,1H3,(H,32,33)/t21-,22-,25?,26+/m0/s1. The summed E-state index contributed by atoms with van der Waals surface area (Å²) < 4.78 is 32.8. The number of pyridine rings is 1. The van der Waals surface area contributed by atoms with E-state index >= 15 is 0 Å². The topological polar surface area (TPSA) is 114 Å². The number of rotatable bonds is 9. The van der Waals surface area contributed by atoms with Gasteiger partial charge in [-0.3, -0.25) is 9.59 Å². The molecule has 0 radical (unpaired) electrons. The van der Waals surface area contributed by atoms with Crippen LogP contribution in [0.3, 0.4) is 0 Å². The summed E-state index contributed by atoms with van der Waals surface area (Å²) >= 11 is 12.4. The first-order chi connectivity index (χ1) is 18.1. The number of aromatic nitrogens is 1. The zero-order valence-corrected chi connectivity index (χ0v) is 22.7. The third-order valence-electron chi connectivity index (χ3n) is 6.41. The van der Waals surface area contributed by atoms with Gasteiger partial charge in [-0.2, -0.15) is 0 Å². The maximum absolute atomic E-state index is 13.9. The third-order valence-corrected chi connectivity index (χ3v) is 8.60. The highest BCUT2D eigenvalue weighted by Gasteiger charge is 2.48. The molecule has 4 rings (SSSR count). The van der Waals surface area contributed by atoms with E-state index in [-0.39, 0.29) is 11.4 Å². The first kappa shape index (κ1) is 28.0. The van der Waals surface area contributed by atoms with Crippen LogP contribution in [0.15, 0.2) is 78.0 Å². The largest absolute Gasteiger partial charge is 0.481 e. The summed E-state index contributed by atoms with van der Waals surface area (Å²) in [6.45, 7) is 1.78. The number of sulfone groups is 1. The Hall–Kier alpha value is -2.98. The van der Waals surface area contributed by atoms with Crippen LogP contribution in [0.25, 0.3) is 0 Å². The number of hydrogen-bond donors (Lipinski definition) is 1. The van der Waals surface area contributed by atoms with Crippen molar-refractivity contribution in [1.82, 2.24) is 9.88 Å². The highest BCUT2D eigenvalue weighted by molar-refractivity contribution is 7.91. The van der Waals surface area contributed by atoms with Gasteiger partial charge in [0.05, 0.1) is 18.2 Å². The molecule has 1 aromatic heterocycles. The molecule has 200 valence electrons. The molecule has 1 N–H and O–H groups in total. The summed E-state index contributed by atoms with van der Waals surface area (Å²) in [7, 11) is -3.89. The SMILES string of the molecule is CC[C@@H](CS(=O)(=O)c1ccccn1)N1C(=O)[C@H](CC(=O)O)O[C@H](c2cccc(Cl)c2)C1c1ccc(Cl)cc1. The van der Waals surface area contributed by atoms with E-state index in [9.17, 15) is 23.1 Å². The fourth-order valence-electron chi connectivity index (χ4n) is 4.66. The quantitative estimate of drug-likeness (QED) is 0.375. The maximum Gasteiger partial charge on any atom is 0.306 e. The Morgan fingerprint density at radius 2 is 1.79 bits per heavy atom. The van der Waals surface area contributed by atoms with Crippen molar-refractivity contribution in [1.29, 1.82) is 0 Å². The van der Waals surface area contributed by atoms with Crippen LogP contribution in [0.2, 0.25) is 10.0 Å². The number of morpholine rings is 1. The van der Waals surface area contributed by atoms with Crippen LogP contribution in [0, 0.1) is 0 Å². The van der Waals surface area contributed by atoms with Crippen LogP contribution in [-0.4, -0.2) is 53.2 Å². The van der Waals surface area contributed by atoms with Gasteiger partial charge in [0.1, 0.15) is 12.2 Å². The molecular weight excluding hydrogens is 551 g/mol. The van der Waals surface area contributed by atoms with Crippen molar-refractivity contribution in [3.8, 4) is 0 Å². The lowest BCUT2D eigenvalue weighted by atomic mass is 9.89. The van der Waals surface area contributed by atoms with E-state index in [0.717, 1.165) is 0 Å². The van der Waals surface area contributed by atoms with Crippen molar-refractivity contribution < 1.29 is 27.9 Å². The summed E-state index contributed by atoms with van der Waals surface area (Å²) in [6, 6.07) is 16.7. The molecule has 1 saturated heterocycles. The number of halogens is 2. The molecule has 0 spiro atoms. The Balaban J connectivity index is 1.86. The number of aliphatic carboxylic acids is 1. The molecule has 38 heavy (non-hydrogen) atoms. The zero-order valence-electron chi connectivity index (χ0n) is 20.4. The smallest absolute Gasteiger partial charge is 0.306 e. The minimum atomic E-state index is -3.89. The molecule has 4 atom stereocenters. The summed E-state index contributed by atoms with van der Waals surface area (Å²) in [5, 5.41) is 10.3. The van der Waals surface area contributed by atoms with Crippen LogP contribution >= 0.6 is 23.2 Å². The second-order valence-corrected chi connectivity index (χ2v) is 11.8. The number of carboxylic acid groups (broad SMARTS) is 1. The second-order valence-electron chi connectivity index (χ2n) is 8.95. The van der Waals surface area contributed by atoms with Crippen molar-refractivity contribution in [2.45, 2.75) is 49.1 Å². The Kier molecular flexibility index (Phi) is 8.72. The molecular formula is C27H26Cl2N2O6S. The average Bonchev–Trinajstić information content (AvgIpc) is 2.89. The number of amides is 1. The number of benzene rings is 2. The van der Waals surface area contributed by atoms with Gasteiger partial charge in [-0.05, 0) is 53.9 Å². The number of carboxylic acids is 1. The van der Waals surface area contributed by atoms with Gasteiger partial charge in [-0.25, -0.2) is 13.4 Å². The lowest BCUT2D eigenvalue weighted by molar-refractivity contribution is -0.182. The Labute approximate surface area is 231 Å². The zero-order chi connectivity index (χ0) is 27.4. The Morgan fingerprint density at radius 1 is 1.05 bits per heavy atom.